The molecule has 0 spiro atoms. The quantitative estimate of drug-likeness (QED) is 0.923. The molecule has 0 aliphatic rings. The molecule has 0 unspecified atom stereocenters. The number of nitrogens with one attached hydrogen (secondary N) is 1. The van der Waals surface area contributed by atoms with Gasteiger partial charge in [0.15, 0.2) is 0 Å². The minimum atomic E-state index is -3.52. The van der Waals surface area contributed by atoms with Crippen LogP contribution >= 0.6 is 22.9 Å². The molecule has 0 fully saturated rings. The molecular formula is C12H12ClNO2S2. The van der Waals surface area contributed by atoms with E-state index >= 15 is 0 Å². The zero-order chi connectivity index (χ0) is 13.0. The van der Waals surface area contributed by atoms with Gasteiger partial charge in [0.05, 0.1) is 5.02 Å². The van der Waals surface area contributed by atoms with E-state index in [9.17, 15) is 8.42 Å². The van der Waals surface area contributed by atoms with E-state index in [1.165, 1.54) is 6.07 Å². The fourth-order valence-electron chi connectivity index (χ4n) is 1.51. The van der Waals surface area contributed by atoms with Crippen LogP contribution in [0.25, 0.3) is 0 Å². The minimum absolute atomic E-state index is 0.122. The number of halogens is 1. The molecule has 96 valence electrons. The van der Waals surface area contributed by atoms with Gasteiger partial charge >= 0.3 is 0 Å². The molecule has 0 bridgehead atoms. The molecule has 3 nitrogen and oxygen atoms in total. The summed E-state index contributed by atoms with van der Waals surface area (Å²) in [5.41, 5.74) is 1.13. The average molecular weight is 302 g/mol. The van der Waals surface area contributed by atoms with Crippen molar-refractivity contribution in [2.75, 3.05) is 6.54 Å². The van der Waals surface area contributed by atoms with E-state index in [1.54, 1.807) is 29.5 Å². The molecule has 18 heavy (non-hydrogen) atoms. The Kier molecular flexibility index (Phi) is 4.40. The lowest BCUT2D eigenvalue weighted by atomic mass is 10.2. The van der Waals surface area contributed by atoms with E-state index in [4.69, 9.17) is 11.6 Å². The van der Waals surface area contributed by atoms with Crippen LogP contribution in [0.4, 0.5) is 0 Å². The Hall–Kier alpha value is -0.880. The summed E-state index contributed by atoms with van der Waals surface area (Å²) in [4.78, 5) is 0.122. The summed E-state index contributed by atoms with van der Waals surface area (Å²) in [5, 5.41) is 4.21. The highest BCUT2D eigenvalue weighted by Gasteiger charge is 2.16. The first kappa shape index (κ1) is 13.5. The van der Waals surface area contributed by atoms with E-state index < -0.39 is 10.0 Å². The van der Waals surface area contributed by atoms with Crippen molar-refractivity contribution in [3.05, 3.63) is 51.7 Å². The van der Waals surface area contributed by atoms with Crippen molar-refractivity contribution in [1.82, 2.24) is 4.72 Å². The summed E-state index contributed by atoms with van der Waals surface area (Å²) < 4.78 is 26.5. The van der Waals surface area contributed by atoms with Gasteiger partial charge in [-0.1, -0.05) is 23.7 Å². The predicted molar refractivity (Wildman–Crippen MR) is 74.7 cm³/mol. The minimum Gasteiger partial charge on any atom is -0.211 e. The van der Waals surface area contributed by atoms with Gasteiger partial charge in [-0.25, -0.2) is 13.1 Å². The van der Waals surface area contributed by atoms with Crippen molar-refractivity contribution in [3.63, 3.8) is 0 Å². The lowest BCUT2D eigenvalue weighted by molar-refractivity contribution is 0.582. The molecule has 0 radical (unpaired) electrons. The van der Waals surface area contributed by atoms with Crippen molar-refractivity contribution >= 4 is 33.0 Å². The van der Waals surface area contributed by atoms with Gasteiger partial charge in [-0.05, 0) is 40.9 Å². The Balaban J connectivity index is 2.02. The second-order valence-corrected chi connectivity index (χ2v) is 6.63. The second-order valence-electron chi connectivity index (χ2n) is 3.71. The maximum absolute atomic E-state index is 12.0. The van der Waals surface area contributed by atoms with Crippen molar-refractivity contribution in [2.45, 2.75) is 11.3 Å². The van der Waals surface area contributed by atoms with Gasteiger partial charge in [0.1, 0.15) is 4.90 Å². The fourth-order valence-corrected chi connectivity index (χ4v) is 3.76. The molecule has 1 aromatic carbocycles. The maximum atomic E-state index is 12.0. The van der Waals surface area contributed by atoms with E-state index in [0.717, 1.165) is 5.56 Å². The van der Waals surface area contributed by atoms with Gasteiger partial charge in [0.2, 0.25) is 10.0 Å². The summed E-state index contributed by atoms with van der Waals surface area (Å²) in [5.74, 6) is 0. The lowest BCUT2D eigenvalue weighted by Crippen LogP contribution is -2.26. The van der Waals surface area contributed by atoms with Gasteiger partial charge < -0.3 is 0 Å². The highest BCUT2D eigenvalue weighted by Crippen LogP contribution is 2.20. The van der Waals surface area contributed by atoms with E-state index in [2.05, 4.69) is 4.72 Å². The van der Waals surface area contributed by atoms with Gasteiger partial charge in [0, 0.05) is 6.54 Å². The first-order chi connectivity index (χ1) is 8.59. The van der Waals surface area contributed by atoms with Crippen LogP contribution in [0.1, 0.15) is 5.56 Å². The third kappa shape index (κ3) is 3.32. The van der Waals surface area contributed by atoms with Crippen LogP contribution in [0.15, 0.2) is 46.0 Å². The van der Waals surface area contributed by atoms with Gasteiger partial charge in [-0.15, -0.1) is 0 Å². The van der Waals surface area contributed by atoms with Crippen LogP contribution in [0.5, 0.6) is 0 Å². The molecule has 2 aromatic rings. The van der Waals surface area contributed by atoms with Crippen molar-refractivity contribution in [3.8, 4) is 0 Å². The third-order valence-corrected chi connectivity index (χ3v) is 5.10. The molecule has 0 saturated heterocycles. The summed E-state index contributed by atoms with van der Waals surface area (Å²) in [6.07, 6.45) is 0.674. The van der Waals surface area contributed by atoms with E-state index in [1.807, 2.05) is 16.8 Å². The molecule has 0 saturated carbocycles. The van der Waals surface area contributed by atoms with Gasteiger partial charge in [-0.2, -0.15) is 11.3 Å². The standard InChI is InChI=1S/C12H12ClNO2S2/c13-11-3-1-2-4-12(11)18(15,16)14-7-5-10-6-8-17-9-10/h1-4,6,8-9,14H,5,7H2. The number of hydrogen-bond donors (Lipinski definition) is 1. The largest absolute Gasteiger partial charge is 0.242 e. The monoisotopic (exact) mass is 301 g/mol. The third-order valence-electron chi connectivity index (χ3n) is 2.41. The van der Waals surface area contributed by atoms with Gasteiger partial charge in [-0.3, -0.25) is 0 Å². The van der Waals surface area contributed by atoms with Crippen molar-refractivity contribution in [1.29, 1.82) is 0 Å². The van der Waals surface area contributed by atoms with Crippen LogP contribution in [0.3, 0.4) is 0 Å². The Morgan fingerprint density at radius 2 is 2.00 bits per heavy atom. The molecule has 0 amide bonds. The Morgan fingerprint density at radius 1 is 1.22 bits per heavy atom. The molecule has 1 heterocycles. The Morgan fingerprint density at radius 3 is 2.67 bits per heavy atom. The van der Waals surface area contributed by atoms with E-state index in [-0.39, 0.29) is 9.92 Å². The zero-order valence-electron chi connectivity index (χ0n) is 9.47. The number of rotatable bonds is 5. The van der Waals surface area contributed by atoms with Crippen LogP contribution in [0.2, 0.25) is 5.02 Å². The SMILES string of the molecule is O=S(=O)(NCCc1ccsc1)c1ccccc1Cl. The number of hydrogen-bond acceptors (Lipinski definition) is 3. The number of benzene rings is 1. The first-order valence-corrected chi connectivity index (χ1v) is 8.15. The molecule has 6 heteroatoms. The highest BCUT2D eigenvalue weighted by molar-refractivity contribution is 7.89. The molecule has 2 rings (SSSR count). The normalized spacial score (nSPS) is 11.6. The molecule has 1 N–H and O–H groups in total. The Labute approximate surface area is 115 Å². The molecule has 0 atom stereocenters. The molecule has 0 aliphatic carbocycles. The smallest absolute Gasteiger partial charge is 0.211 e. The second kappa shape index (κ2) is 5.84. The summed E-state index contributed by atoms with van der Waals surface area (Å²) in [7, 11) is -3.52. The summed E-state index contributed by atoms with van der Waals surface area (Å²) >= 11 is 7.47. The summed E-state index contributed by atoms with van der Waals surface area (Å²) in [6, 6.07) is 8.39. The number of sulfonamides is 1. The predicted octanol–water partition coefficient (Wildman–Crippen LogP) is 2.92. The Bertz CT molecular complexity index is 609. The van der Waals surface area contributed by atoms with Crippen LogP contribution in [-0.4, -0.2) is 15.0 Å². The van der Waals surface area contributed by atoms with Crippen LogP contribution in [0, 0.1) is 0 Å². The average Bonchev–Trinajstić information content (AvgIpc) is 2.82. The van der Waals surface area contributed by atoms with Crippen LogP contribution in [-0.2, 0) is 16.4 Å². The molecule has 1 aromatic heterocycles. The summed E-state index contributed by atoms with van der Waals surface area (Å²) in [6.45, 7) is 0.365. The zero-order valence-corrected chi connectivity index (χ0v) is 11.9. The van der Waals surface area contributed by atoms with Crippen LogP contribution < -0.4 is 4.72 Å². The fraction of sp³-hybridized carbons (Fsp3) is 0.167. The van der Waals surface area contributed by atoms with Crippen molar-refractivity contribution < 1.29 is 8.42 Å². The lowest BCUT2D eigenvalue weighted by Gasteiger charge is -2.07. The highest BCUT2D eigenvalue weighted by atomic mass is 35.5. The van der Waals surface area contributed by atoms with E-state index in [0.29, 0.717) is 13.0 Å². The molecular weight excluding hydrogens is 290 g/mol. The number of thiophene rings is 1. The van der Waals surface area contributed by atoms with Crippen molar-refractivity contribution in [2.24, 2.45) is 0 Å². The first-order valence-electron chi connectivity index (χ1n) is 5.35. The topological polar surface area (TPSA) is 46.2 Å². The molecule has 0 aliphatic heterocycles. The van der Waals surface area contributed by atoms with Gasteiger partial charge in [0.25, 0.3) is 0 Å². The maximum Gasteiger partial charge on any atom is 0.242 e.